The van der Waals surface area contributed by atoms with E-state index in [-0.39, 0.29) is 12.0 Å². The second kappa shape index (κ2) is 2.09. The Morgan fingerprint density at radius 1 is 1.56 bits per heavy atom. The molecule has 0 atom stereocenters. The Bertz CT molecular complexity index is 127. The van der Waals surface area contributed by atoms with Gasteiger partial charge >= 0.3 is 0 Å². The summed E-state index contributed by atoms with van der Waals surface area (Å²) in [6.07, 6.45) is 2.84. The van der Waals surface area contributed by atoms with Crippen molar-refractivity contribution in [2.45, 2.75) is 25.2 Å². The quantitative estimate of drug-likeness (QED) is 0.474. The van der Waals surface area contributed by atoms with Crippen LogP contribution in [0.3, 0.4) is 0 Å². The molecule has 1 aliphatic rings. The van der Waals surface area contributed by atoms with E-state index in [9.17, 15) is 8.78 Å². The zero-order chi connectivity index (χ0) is 6.91. The molecule has 0 nitrogen and oxygen atoms in total. The van der Waals surface area contributed by atoms with Gasteiger partial charge in [0.05, 0.1) is 0 Å². The van der Waals surface area contributed by atoms with Crippen molar-refractivity contribution >= 4 is 0 Å². The molecule has 0 heterocycles. The van der Waals surface area contributed by atoms with Crippen LogP contribution in [0.1, 0.15) is 19.3 Å². The third-order valence-corrected chi connectivity index (χ3v) is 1.56. The third kappa shape index (κ3) is 1.29. The molecule has 1 saturated carbocycles. The Balaban J connectivity index is 2.60. The second-order valence-corrected chi connectivity index (χ2v) is 2.33. The van der Waals surface area contributed by atoms with Gasteiger partial charge in [-0.1, -0.05) is 6.58 Å². The lowest BCUT2D eigenvalue weighted by atomic mass is 9.93. The first-order valence-corrected chi connectivity index (χ1v) is 3.03. The van der Waals surface area contributed by atoms with Gasteiger partial charge in [-0.05, 0) is 24.8 Å². The van der Waals surface area contributed by atoms with Gasteiger partial charge in [0.1, 0.15) is 0 Å². The zero-order valence-corrected chi connectivity index (χ0v) is 5.16. The van der Waals surface area contributed by atoms with E-state index in [1.54, 1.807) is 0 Å². The molecular formula is C7H9F2. The number of alkyl halides is 2. The predicted octanol–water partition coefficient (Wildman–Crippen LogP) is 2.57. The molecule has 0 aromatic carbocycles. The second-order valence-electron chi connectivity index (χ2n) is 2.33. The van der Waals surface area contributed by atoms with Gasteiger partial charge < -0.3 is 0 Å². The van der Waals surface area contributed by atoms with Gasteiger partial charge in [-0.25, -0.2) is 8.78 Å². The number of rotatable bonds is 0. The van der Waals surface area contributed by atoms with E-state index in [2.05, 4.69) is 6.58 Å². The average molecular weight is 131 g/mol. The minimum atomic E-state index is -2.61. The van der Waals surface area contributed by atoms with Crippen LogP contribution < -0.4 is 0 Å². The summed E-state index contributed by atoms with van der Waals surface area (Å²) in [7, 11) is 0. The van der Waals surface area contributed by atoms with Crippen LogP contribution in [0.2, 0.25) is 0 Å². The smallest absolute Gasteiger partial charge is 0.202 e. The maximum absolute atomic E-state index is 12.5. The summed E-state index contributed by atoms with van der Waals surface area (Å²) in [6.45, 7) is 3.26. The van der Waals surface area contributed by atoms with Crippen LogP contribution in [0.4, 0.5) is 8.78 Å². The number of hydrogen-bond donors (Lipinski definition) is 0. The first-order chi connectivity index (χ1) is 4.13. The standard InChI is InChI=1S/C7H9F2/c1-6-4-2-3-5-7(6,8)9/h4H,1-3,5H2. The molecule has 9 heavy (non-hydrogen) atoms. The fourth-order valence-corrected chi connectivity index (χ4v) is 0.910. The summed E-state index contributed by atoms with van der Waals surface area (Å²) >= 11 is 0. The highest BCUT2D eigenvalue weighted by Gasteiger charge is 2.34. The minimum Gasteiger partial charge on any atom is -0.202 e. The van der Waals surface area contributed by atoms with Crippen LogP contribution >= 0.6 is 0 Å². The summed E-state index contributed by atoms with van der Waals surface area (Å²) in [5.41, 5.74) is -0.00579. The Labute approximate surface area is 53.6 Å². The summed E-state index contributed by atoms with van der Waals surface area (Å²) in [5, 5.41) is 0. The Morgan fingerprint density at radius 3 is 2.56 bits per heavy atom. The monoisotopic (exact) mass is 131 g/mol. The van der Waals surface area contributed by atoms with Crippen molar-refractivity contribution in [2.24, 2.45) is 0 Å². The fraction of sp³-hybridized carbons (Fsp3) is 0.571. The fourth-order valence-electron chi connectivity index (χ4n) is 0.910. The molecule has 0 saturated heterocycles. The lowest BCUT2D eigenvalue weighted by Gasteiger charge is -2.23. The van der Waals surface area contributed by atoms with E-state index in [1.807, 2.05) is 0 Å². The third-order valence-electron chi connectivity index (χ3n) is 1.56. The molecule has 0 aromatic rings. The van der Waals surface area contributed by atoms with Crippen molar-refractivity contribution in [1.82, 2.24) is 0 Å². The van der Waals surface area contributed by atoms with Crippen LogP contribution in [0, 0.1) is 6.42 Å². The number of hydrogen-bond acceptors (Lipinski definition) is 0. The molecule has 1 fully saturated rings. The minimum absolute atomic E-state index is 0.00579. The number of allylic oxidation sites excluding steroid dienone is 1. The molecule has 0 aliphatic heterocycles. The van der Waals surface area contributed by atoms with Gasteiger partial charge in [0.2, 0.25) is 0 Å². The van der Waals surface area contributed by atoms with Crippen molar-refractivity contribution in [3.05, 3.63) is 18.6 Å². The largest absolute Gasteiger partial charge is 0.269 e. The molecule has 0 spiro atoms. The summed E-state index contributed by atoms with van der Waals surface area (Å²) in [5.74, 6) is -2.61. The lowest BCUT2D eigenvalue weighted by molar-refractivity contribution is 0.0247. The SMILES string of the molecule is C=C1[CH]CCCC1(F)F. The maximum atomic E-state index is 12.5. The summed E-state index contributed by atoms with van der Waals surface area (Å²) < 4.78 is 24.9. The van der Waals surface area contributed by atoms with E-state index in [1.165, 1.54) is 6.42 Å². The van der Waals surface area contributed by atoms with Crippen LogP contribution in [0.15, 0.2) is 12.2 Å². The van der Waals surface area contributed by atoms with Crippen LogP contribution in [-0.4, -0.2) is 5.92 Å². The molecule has 0 unspecified atom stereocenters. The van der Waals surface area contributed by atoms with E-state index >= 15 is 0 Å². The van der Waals surface area contributed by atoms with Crippen LogP contribution in [-0.2, 0) is 0 Å². The van der Waals surface area contributed by atoms with Crippen LogP contribution in [0.25, 0.3) is 0 Å². The van der Waals surface area contributed by atoms with Gasteiger partial charge in [0.25, 0.3) is 5.92 Å². The summed E-state index contributed by atoms with van der Waals surface area (Å²) in [6, 6.07) is 0. The molecule has 1 radical (unpaired) electrons. The first kappa shape index (κ1) is 6.72. The Hall–Kier alpha value is -0.400. The molecule has 0 N–H and O–H groups in total. The highest BCUT2D eigenvalue weighted by atomic mass is 19.3. The highest BCUT2D eigenvalue weighted by Crippen LogP contribution is 2.35. The molecule has 2 heteroatoms. The Kier molecular flexibility index (Phi) is 1.56. The van der Waals surface area contributed by atoms with Gasteiger partial charge in [0, 0.05) is 6.42 Å². The first-order valence-electron chi connectivity index (χ1n) is 3.03. The van der Waals surface area contributed by atoms with E-state index < -0.39 is 5.92 Å². The Morgan fingerprint density at radius 2 is 2.22 bits per heavy atom. The van der Waals surface area contributed by atoms with Crippen molar-refractivity contribution in [3.63, 3.8) is 0 Å². The van der Waals surface area contributed by atoms with Crippen molar-refractivity contribution in [2.75, 3.05) is 0 Å². The maximum Gasteiger partial charge on any atom is 0.269 e. The van der Waals surface area contributed by atoms with E-state index in [4.69, 9.17) is 0 Å². The molecule has 0 aromatic heterocycles. The lowest BCUT2D eigenvalue weighted by Crippen LogP contribution is -2.22. The molecular weight excluding hydrogens is 122 g/mol. The highest BCUT2D eigenvalue weighted by molar-refractivity contribution is 5.20. The van der Waals surface area contributed by atoms with Crippen molar-refractivity contribution in [1.29, 1.82) is 0 Å². The topological polar surface area (TPSA) is 0 Å². The van der Waals surface area contributed by atoms with Gasteiger partial charge in [-0.15, -0.1) is 0 Å². The molecule has 0 amide bonds. The average Bonchev–Trinajstić information content (AvgIpc) is 1.77. The van der Waals surface area contributed by atoms with Gasteiger partial charge in [-0.3, -0.25) is 0 Å². The van der Waals surface area contributed by atoms with E-state index in [0.717, 1.165) is 6.42 Å². The van der Waals surface area contributed by atoms with Gasteiger partial charge in [-0.2, -0.15) is 0 Å². The molecule has 0 bridgehead atoms. The van der Waals surface area contributed by atoms with E-state index in [0.29, 0.717) is 6.42 Å². The summed E-state index contributed by atoms with van der Waals surface area (Å²) in [4.78, 5) is 0. The zero-order valence-electron chi connectivity index (χ0n) is 5.16. The van der Waals surface area contributed by atoms with Crippen molar-refractivity contribution in [3.8, 4) is 0 Å². The van der Waals surface area contributed by atoms with Crippen molar-refractivity contribution < 1.29 is 8.78 Å². The molecule has 1 aliphatic carbocycles. The molecule has 1 rings (SSSR count). The normalized spacial score (nSPS) is 26.2. The number of halogens is 2. The van der Waals surface area contributed by atoms with Crippen LogP contribution in [0.5, 0.6) is 0 Å². The molecule has 51 valence electrons. The van der Waals surface area contributed by atoms with Gasteiger partial charge in [0.15, 0.2) is 0 Å². The predicted molar refractivity (Wildman–Crippen MR) is 32.2 cm³/mol.